The van der Waals surface area contributed by atoms with Gasteiger partial charge in [-0.2, -0.15) is 0 Å². The average Bonchev–Trinajstić information content (AvgIpc) is 3.31. The first-order chi connectivity index (χ1) is 32.5. The van der Waals surface area contributed by atoms with E-state index in [1.165, 1.54) is 44.9 Å². The Morgan fingerprint density at radius 2 is 0.652 bits per heavy atom. The lowest BCUT2D eigenvalue weighted by Crippen LogP contribution is -2.30. The summed E-state index contributed by atoms with van der Waals surface area (Å²) in [6, 6.07) is 0. The number of hydrogen-bond donors (Lipinski definition) is 0. The van der Waals surface area contributed by atoms with Crippen molar-refractivity contribution in [2.24, 2.45) is 0 Å². The topological polar surface area (TPSA) is 78.9 Å². The van der Waals surface area contributed by atoms with Gasteiger partial charge in [0.05, 0.1) is 0 Å². The van der Waals surface area contributed by atoms with Crippen LogP contribution >= 0.6 is 0 Å². The van der Waals surface area contributed by atoms with Gasteiger partial charge in [0.15, 0.2) is 6.10 Å². The highest BCUT2D eigenvalue weighted by Crippen LogP contribution is 2.14. The summed E-state index contributed by atoms with van der Waals surface area (Å²) in [6.45, 7) is 6.28. The van der Waals surface area contributed by atoms with Crippen LogP contribution in [0, 0.1) is 0 Å². The zero-order valence-corrected chi connectivity index (χ0v) is 42.4. The molecule has 0 aromatic heterocycles. The molecule has 6 nitrogen and oxygen atoms in total. The van der Waals surface area contributed by atoms with Crippen LogP contribution in [-0.2, 0) is 28.6 Å². The highest BCUT2D eigenvalue weighted by molar-refractivity contribution is 5.71. The van der Waals surface area contributed by atoms with Gasteiger partial charge in [-0.05, 0) is 96.3 Å². The maximum Gasteiger partial charge on any atom is 0.306 e. The second kappa shape index (κ2) is 53.4. The molecule has 0 spiro atoms. The van der Waals surface area contributed by atoms with Crippen LogP contribution in [0.5, 0.6) is 0 Å². The summed E-state index contributed by atoms with van der Waals surface area (Å²) < 4.78 is 16.8. The summed E-state index contributed by atoms with van der Waals surface area (Å²) in [4.78, 5) is 38.1. The van der Waals surface area contributed by atoms with Crippen LogP contribution < -0.4 is 0 Å². The van der Waals surface area contributed by atoms with Gasteiger partial charge >= 0.3 is 17.9 Å². The van der Waals surface area contributed by atoms with Gasteiger partial charge in [0.25, 0.3) is 0 Å². The van der Waals surface area contributed by atoms with E-state index in [4.69, 9.17) is 14.2 Å². The summed E-state index contributed by atoms with van der Waals surface area (Å²) >= 11 is 0. The lowest BCUT2D eigenvalue weighted by Gasteiger charge is -2.18. The molecule has 0 aliphatic rings. The van der Waals surface area contributed by atoms with Gasteiger partial charge in [-0.15, -0.1) is 0 Å². The van der Waals surface area contributed by atoms with Crippen molar-refractivity contribution in [3.63, 3.8) is 0 Å². The summed E-state index contributed by atoms with van der Waals surface area (Å²) in [5.41, 5.74) is 0. The van der Waals surface area contributed by atoms with Crippen LogP contribution in [0.1, 0.15) is 220 Å². The molecule has 0 bridgehead atoms. The summed E-state index contributed by atoms with van der Waals surface area (Å²) in [6.07, 6.45) is 73.1. The fourth-order valence-electron chi connectivity index (χ4n) is 6.88. The lowest BCUT2D eigenvalue weighted by molar-refractivity contribution is -0.167. The maximum atomic E-state index is 12.8. The van der Waals surface area contributed by atoms with E-state index >= 15 is 0 Å². The molecular weight excluding hydrogens is 817 g/mol. The molecule has 0 radical (unpaired) electrons. The Morgan fingerprint density at radius 3 is 1.06 bits per heavy atom. The molecule has 0 saturated carbocycles. The molecule has 0 aliphatic carbocycles. The van der Waals surface area contributed by atoms with E-state index in [9.17, 15) is 14.4 Å². The van der Waals surface area contributed by atoms with E-state index in [1.54, 1.807) is 0 Å². The Labute approximate surface area is 405 Å². The highest BCUT2D eigenvalue weighted by Gasteiger charge is 2.19. The largest absolute Gasteiger partial charge is 0.462 e. The Kier molecular flexibility index (Phi) is 50.0. The Balaban J connectivity index is 4.50. The molecule has 0 rings (SSSR count). The predicted octanol–water partition coefficient (Wildman–Crippen LogP) is 17.7. The number of allylic oxidation sites excluding steroid dienone is 20. The molecule has 0 heterocycles. The summed E-state index contributed by atoms with van der Waals surface area (Å²) in [5, 5.41) is 0. The molecule has 0 aromatic rings. The van der Waals surface area contributed by atoms with Crippen molar-refractivity contribution >= 4 is 17.9 Å². The van der Waals surface area contributed by atoms with Crippen molar-refractivity contribution in [3.05, 3.63) is 122 Å². The van der Waals surface area contributed by atoms with Crippen molar-refractivity contribution < 1.29 is 28.6 Å². The Morgan fingerprint density at radius 1 is 0.333 bits per heavy atom. The zero-order chi connectivity index (χ0) is 47.9. The zero-order valence-electron chi connectivity index (χ0n) is 42.4. The standard InChI is InChI=1S/C60H96O6/c1-4-7-10-13-16-19-22-25-28-30-31-33-35-38-41-44-47-50-53-59(62)65-56-57(55-64-58(61)52-49-46-43-40-37-34-27-24-21-18-15-12-9-6-3)66-60(63)54-51-48-45-42-39-36-32-29-26-23-20-17-14-11-8-5-2/h8-13,16-22,25-26,28-31,33,57H,4-7,14-15,23-24,27,32,34-56H2,1-3H3/b11-8-,12-9-,13-10-,19-16-,20-17-,21-18-,25-22-,29-26-,30-28-,33-31-. The van der Waals surface area contributed by atoms with E-state index < -0.39 is 6.10 Å². The third kappa shape index (κ3) is 50.8. The first-order valence-corrected chi connectivity index (χ1v) is 26.6. The molecule has 1 atom stereocenters. The molecule has 1 unspecified atom stereocenters. The van der Waals surface area contributed by atoms with E-state index in [-0.39, 0.29) is 31.1 Å². The summed E-state index contributed by atoms with van der Waals surface area (Å²) in [5.74, 6) is -0.952. The normalized spacial score (nSPS) is 13.1. The third-order valence-electron chi connectivity index (χ3n) is 10.8. The van der Waals surface area contributed by atoms with E-state index in [0.29, 0.717) is 19.3 Å². The summed E-state index contributed by atoms with van der Waals surface area (Å²) in [7, 11) is 0. The van der Waals surface area contributed by atoms with Crippen LogP contribution in [0.4, 0.5) is 0 Å². The van der Waals surface area contributed by atoms with Gasteiger partial charge in [-0.3, -0.25) is 14.4 Å². The fourth-order valence-corrected chi connectivity index (χ4v) is 6.88. The molecule has 0 fully saturated rings. The molecular formula is C60H96O6. The number of hydrogen-bond acceptors (Lipinski definition) is 6. The number of ether oxygens (including phenoxy) is 3. The van der Waals surface area contributed by atoms with Gasteiger partial charge in [0.2, 0.25) is 0 Å². The molecule has 0 saturated heterocycles. The number of rotatable bonds is 46. The van der Waals surface area contributed by atoms with Crippen LogP contribution in [0.2, 0.25) is 0 Å². The van der Waals surface area contributed by atoms with Crippen molar-refractivity contribution in [2.45, 2.75) is 226 Å². The highest BCUT2D eigenvalue weighted by atomic mass is 16.6. The minimum Gasteiger partial charge on any atom is -0.462 e. The molecule has 0 aromatic carbocycles. The Bertz CT molecular complexity index is 1420. The molecule has 6 heteroatoms. The van der Waals surface area contributed by atoms with E-state index in [2.05, 4.69) is 118 Å². The number of carbonyl (C=O) groups is 3. The van der Waals surface area contributed by atoms with Crippen LogP contribution in [0.25, 0.3) is 0 Å². The number of carbonyl (C=O) groups excluding carboxylic acids is 3. The van der Waals surface area contributed by atoms with Crippen LogP contribution in [0.15, 0.2) is 122 Å². The quantitative estimate of drug-likeness (QED) is 0.0199. The van der Waals surface area contributed by atoms with Crippen molar-refractivity contribution in [2.75, 3.05) is 13.2 Å². The van der Waals surface area contributed by atoms with Crippen molar-refractivity contribution in [1.82, 2.24) is 0 Å². The molecule has 0 amide bonds. The monoisotopic (exact) mass is 913 g/mol. The van der Waals surface area contributed by atoms with E-state index in [1.807, 2.05) is 24.3 Å². The minimum absolute atomic E-state index is 0.0997. The van der Waals surface area contributed by atoms with Crippen LogP contribution in [0.3, 0.4) is 0 Å². The minimum atomic E-state index is -0.803. The van der Waals surface area contributed by atoms with Crippen molar-refractivity contribution in [1.29, 1.82) is 0 Å². The molecule has 0 N–H and O–H groups in total. The smallest absolute Gasteiger partial charge is 0.306 e. The number of unbranched alkanes of at least 4 members (excludes halogenated alkanes) is 19. The van der Waals surface area contributed by atoms with Gasteiger partial charge in [-0.25, -0.2) is 0 Å². The van der Waals surface area contributed by atoms with Gasteiger partial charge in [0, 0.05) is 19.3 Å². The van der Waals surface area contributed by atoms with Crippen LogP contribution in [-0.4, -0.2) is 37.2 Å². The van der Waals surface area contributed by atoms with Gasteiger partial charge < -0.3 is 14.2 Å². The molecule has 372 valence electrons. The van der Waals surface area contributed by atoms with Gasteiger partial charge in [-0.1, -0.05) is 226 Å². The third-order valence-corrected chi connectivity index (χ3v) is 10.8. The van der Waals surface area contributed by atoms with Crippen molar-refractivity contribution in [3.8, 4) is 0 Å². The second-order valence-electron chi connectivity index (χ2n) is 17.1. The van der Waals surface area contributed by atoms with E-state index in [0.717, 1.165) is 135 Å². The Hall–Kier alpha value is -4.19. The van der Waals surface area contributed by atoms with Gasteiger partial charge in [0.1, 0.15) is 13.2 Å². The SMILES string of the molecule is CC/C=C\C/C=C\C/C=C\CCCCCCCCC(=O)OC(COC(=O)CCCCCCC\C=C/C=C\C=C/C=C\C=C/CCC)COC(=O)CCCCCCCCC/C=C\C/C=C\CC. The second-order valence-corrected chi connectivity index (χ2v) is 17.1. The molecule has 0 aliphatic heterocycles. The first-order valence-electron chi connectivity index (χ1n) is 26.6. The fraction of sp³-hybridized carbons (Fsp3) is 0.617. The lowest BCUT2D eigenvalue weighted by atomic mass is 10.1. The molecule has 66 heavy (non-hydrogen) atoms. The maximum absolute atomic E-state index is 12.8. The number of esters is 3. The average molecular weight is 913 g/mol. The predicted molar refractivity (Wildman–Crippen MR) is 283 cm³/mol. The first kappa shape index (κ1) is 61.8.